The van der Waals surface area contributed by atoms with E-state index in [-0.39, 0.29) is 12.3 Å². The second kappa shape index (κ2) is 15.5. The van der Waals surface area contributed by atoms with E-state index in [0.717, 1.165) is 0 Å². The Morgan fingerprint density at radius 2 is 1.11 bits per heavy atom. The van der Waals surface area contributed by atoms with E-state index in [0.29, 0.717) is 0 Å². The van der Waals surface area contributed by atoms with Crippen molar-refractivity contribution >= 4 is 77.7 Å². The highest BCUT2D eigenvalue weighted by Gasteiger charge is 2.54. The molecule has 3 aliphatic heterocycles. The second-order valence-electron chi connectivity index (χ2n) is 20.9. The van der Waals surface area contributed by atoms with E-state index >= 15 is 0 Å². The lowest BCUT2D eigenvalue weighted by Gasteiger charge is -2.53. The van der Waals surface area contributed by atoms with Crippen LogP contribution in [0.2, 0.25) is 0 Å². The summed E-state index contributed by atoms with van der Waals surface area (Å²) in [6, 6.07) is 83.1. The van der Waals surface area contributed by atoms with Crippen molar-refractivity contribution in [3.63, 3.8) is 0 Å². The number of hydrogen-bond acceptors (Lipinski definition) is 3. The number of para-hydroxylation sites is 2. The molecule has 0 radical (unpaired) electrons. The van der Waals surface area contributed by atoms with Crippen molar-refractivity contribution in [1.29, 1.82) is 0 Å². The van der Waals surface area contributed by atoms with Gasteiger partial charge in [-0.15, -0.1) is 11.3 Å². The summed E-state index contributed by atoms with van der Waals surface area (Å²) >= 11 is 1.90. The van der Waals surface area contributed by atoms with Crippen LogP contribution in [0.5, 0.6) is 0 Å². The van der Waals surface area contributed by atoms with Gasteiger partial charge < -0.3 is 9.71 Å². The zero-order valence-corrected chi connectivity index (χ0v) is 41.5. The number of hydrogen-bond donors (Lipinski definition) is 0. The van der Waals surface area contributed by atoms with Gasteiger partial charge in [0.25, 0.3) is 0 Å². The Bertz CT molecular complexity index is 3900. The minimum Gasteiger partial charge on any atom is -0.376 e. The maximum atomic E-state index is 2.76. The smallest absolute Gasteiger partial charge is 0.333 e. The molecule has 3 aliphatic rings. The molecule has 0 aliphatic carbocycles. The highest BCUT2D eigenvalue weighted by molar-refractivity contribution is 7.26. The van der Waals surface area contributed by atoms with E-state index in [1.54, 1.807) is 0 Å². The highest BCUT2D eigenvalue weighted by atomic mass is 32.1. The number of benzene rings is 10. The lowest BCUT2D eigenvalue weighted by Crippen LogP contribution is -2.63. The Morgan fingerprint density at radius 3 is 1.85 bits per heavy atom. The zero-order chi connectivity index (χ0) is 47.8. The summed E-state index contributed by atoms with van der Waals surface area (Å²) in [6.45, 7) is 11.4. The molecule has 0 atom stereocenters. The first-order chi connectivity index (χ1) is 34.7. The van der Waals surface area contributed by atoms with Crippen molar-refractivity contribution in [2.45, 2.75) is 45.4 Å². The molecule has 4 heterocycles. The van der Waals surface area contributed by atoms with Crippen molar-refractivity contribution in [3.05, 3.63) is 257 Å². The summed E-state index contributed by atoms with van der Waals surface area (Å²) in [5, 5.41) is 2.60. The van der Waals surface area contributed by atoms with Gasteiger partial charge in [-0.25, -0.2) is 0 Å². The molecule has 0 saturated heterocycles. The molecular formula is C67H51BN2S. The molecule has 338 valence electrons. The first kappa shape index (κ1) is 42.0. The predicted octanol–water partition coefficient (Wildman–Crippen LogP) is 16.7. The van der Waals surface area contributed by atoms with Crippen LogP contribution in [-0.2, 0) is 10.8 Å². The van der Waals surface area contributed by atoms with Gasteiger partial charge in [0.1, 0.15) is 0 Å². The molecule has 0 spiro atoms. The number of aryl methyl sites for hydroxylation is 2. The van der Waals surface area contributed by atoms with Gasteiger partial charge in [0.2, 0.25) is 0 Å². The summed E-state index contributed by atoms with van der Waals surface area (Å²) in [7, 11) is 0. The van der Waals surface area contributed by atoms with E-state index in [1.165, 1.54) is 132 Å². The maximum Gasteiger partial charge on any atom is 0.333 e. The molecule has 11 aromatic rings. The molecule has 2 nitrogen and oxygen atoms in total. The summed E-state index contributed by atoms with van der Waals surface area (Å²) in [4.78, 5) is 5.45. The number of anilines is 5. The number of thiophene rings is 1. The van der Waals surface area contributed by atoms with Crippen LogP contribution in [0.4, 0.5) is 28.4 Å². The van der Waals surface area contributed by atoms with Crippen LogP contribution in [-0.4, -0.2) is 6.85 Å². The Labute approximate surface area is 421 Å². The highest BCUT2D eigenvalue weighted by Crippen LogP contribution is 2.61. The molecule has 4 heteroatoms. The van der Waals surface area contributed by atoms with Crippen molar-refractivity contribution in [1.82, 2.24) is 0 Å². The van der Waals surface area contributed by atoms with E-state index in [2.05, 4.69) is 263 Å². The van der Waals surface area contributed by atoms with Crippen molar-refractivity contribution in [3.8, 4) is 33.4 Å². The SMILES string of the molecule is Cc1cccc(C)c1-c1cc2c3c(c1)N(c1ccc(C(C)(C)C)cc1-c1ccccc1)c1c(ccc4sc5ccccc5c14)B3N1c3ccccc3C(c3ccccc3)(c3ccccc3)c3cccc-2c31. The Hall–Kier alpha value is -7.92. The third-order valence-corrected chi connectivity index (χ3v) is 17.0. The number of rotatable bonds is 5. The summed E-state index contributed by atoms with van der Waals surface area (Å²) in [5.74, 6) is 0. The average molecular weight is 927 g/mol. The van der Waals surface area contributed by atoms with Gasteiger partial charge in [0, 0.05) is 48.4 Å². The van der Waals surface area contributed by atoms with Gasteiger partial charge in [0.05, 0.1) is 16.8 Å². The molecule has 14 rings (SSSR count). The first-order valence-corrected chi connectivity index (χ1v) is 25.9. The van der Waals surface area contributed by atoms with E-state index in [9.17, 15) is 0 Å². The zero-order valence-electron chi connectivity index (χ0n) is 40.7. The first-order valence-electron chi connectivity index (χ1n) is 25.0. The fraction of sp³-hybridized carbons (Fsp3) is 0.104. The van der Waals surface area contributed by atoms with Gasteiger partial charge in [-0.3, -0.25) is 0 Å². The standard InChI is InChI=1S/C67H51BN2S/c1-42-21-19-22-43(2)61(42)45-39-52-49-30-20-32-54-64(49)70(57-33-17-16-31-53(57)67(54,46-25-11-7-12-26-46)47-27-13-8-14-28-47)68-55-36-38-60-62(50-29-15-18-34-59(50)71-60)65(55)69(58(40-45)63(52)68)56-37-35-48(66(3,4)5)41-51(56)44-23-9-6-10-24-44/h6-41H,1-5H3. The predicted molar refractivity (Wildman–Crippen MR) is 304 cm³/mol. The van der Waals surface area contributed by atoms with Crippen LogP contribution in [0.15, 0.2) is 218 Å². The van der Waals surface area contributed by atoms with Crippen LogP contribution < -0.4 is 20.6 Å². The van der Waals surface area contributed by atoms with E-state index in [4.69, 9.17) is 0 Å². The molecule has 0 saturated carbocycles. The van der Waals surface area contributed by atoms with Gasteiger partial charge >= 0.3 is 6.85 Å². The third-order valence-electron chi connectivity index (χ3n) is 15.9. The minimum atomic E-state index is -0.595. The van der Waals surface area contributed by atoms with Gasteiger partial charge in [-0.1, -0.05) is 197 Å². The van der Waals surface area contributed by atoms with Crippen LogP contribution in [0.3, 0.4) is 0 Å². The molecule has 0 unspecified atom stereocenters. The Balaban J connectivity index is 1.19. The van der Waals surface area contributed by atoms with Crippen molar-refractivity contribution in [2.24, 2.45) is 0 Å². The lowest BCUT2D eigenvalue weighted by molar-refractivity contribution is 0.590. The van der Waals surface area contributed by atoms with Crippen LogP contribution >= 0.6 is 11.3 Å². The van der Waals surface area contributed by atoms with Crippen LogP contribution in [0.25, 0.3) is 53.6 Å². The van der Waals surface area contributed by atoms with Gasteiger partial charge in [0.15, 0.2) is 0 Å². The maximum absolute atomic E-state index is 2.76. The summed E-state index contributed by atoms with van der Waals surface area (Å²) in [6.07, 6.45) is 0. The van der Waals surface area contributed by atoms with E-state index < -0.39 is 5.41 Å². The Kier molecular flexibility index (Phi) is 9.20. The number of nitrogens with zero attached hydrogens (tertiary/aromatic N) is 2. The van der Waals surface area contributed by atoms with Crippen molar-refractivity contribution in [2.75, 3.05) is 9.71 Å². The third kappa shape index (κ3) is 5.95. The molecule has 1 aromatic heterocycles. The average Bonchev–Trinajstić information content (AvgIpc) is 3.79. The van der Waals surface area contributed by atoms with E-state index in [1.807, 2.05) is 11.3 Å². The second-order valence-corrected chi connectivity index (χ2v) is 21.9. The largest absolute Gasteiger partial charge is 0.376 e. The monoisotopic (exact) mass is 926 g/mol. The lowest BCUT2D eigenvalue weighted by atomic mass is 9.42. The molecule has 0 amide bonds. The Morgan fingerprint density at radius 1 is 0.465 bits per heavy atom. The molecular weight excluding hydrogens is 876 g/mol. The summed E-state index contributed by atoms with van der Waals surface area (Å²) < 4.78 is 2.59. The van der Waals surface area contributed by atoms with Crippen molar-refractivity contribution < 1.29 is 0 Å². The topological polar surface area (TPSA) is 6.48 Å². The molecule has 0 fully saturated rings. The fourth-order valence-corrected chi connectivity index (χ4v) is 14.0. The van der Waals surface area contributed by atoms with Crippen LogP contribution in [0, 0.1) is 13.8 Å². The van der Waals surface area contributed by atoms with Gasteiger partial charge in [-0.05, 0) is 134 Å². The normalized spacial score (nSPS) is 14.0. The molecule has 71 heavy (non-hydrogen) atoms. The molecule has 0 N–H and O–H groups in total. The van der Waals surface area contributed by atoms with Gasteiger partial charge in [-0.2, -0.15) is 0 Å². The summed E-state index contributed by atoms with van der Waals surface area (Å²) in [5.41, 5.74) is 24.6. The fourth-order valence-electron chi connectivity index (χ4n) is 12.9. The number of fused-ring (bicyclic) bond motifs is 10. The minimum absolute atomic E-state index is 0.0526. The molecule has 10 aromatic carbocycles. The molecule has 0 bridgehead atoms. The quantitative estimate of drug-likeness (QED) is 0.159. The van der Waals surface area contributed by atoms with Crippen LogP contribution in [0.1, 0.15) is 59.7 Å².